The number of amides is 2. The molecule has 0 bridgehead atoms. The van der Waals surface area contributed by atoms with Gasteiger partial charge in [-0.1, -0.05) is 56.3 Å². The summed E-state index contributed by atoms with van der Waals surface area (Å²) >= 11 is 5.74. The maximum Gasteiger partial charge on any atom is 0.408 e. The molecule has 0 aromatic heterocycles. The van der Waals surface area contributed by atoms with Crippen LogP contribution < -0.4 is 10.6 Å². The fourth-order valence-corrected chi connectivity index (χ4v) is 3.27. The normalized spacial score (nSPS) is 12.6. The highest BCUT2D eigenvalue weighted by Gasteiger charge is 2.27. The first-order valence-corrected chi connectivity index (χ1v) is 11.0. The molecule has 0 aliphatic rings. The number of halogens is 1. The molecular formula is C24H29ClN2O5. The van der Waals surface area contributed by atoms with Gasteiger partial charge in [0.1, 0.15) is 18.4 Å². The third kappa shape index (κ3) is 8.59. The minimum atomic E-state index is -0.872. The SMILES string of the molecule is CC(C)C[C@H](NC(=O)OCc1ccccc1)C(=O)N[C@@H](Cc1ccc(O)cc1)C(=O)CCl. The topological polar surface area (TPSA) is 105 Å². The highest BCUT2D eigenvalue weighted by atomic mass is 35.5. The molecule has 0 spiro atoms. The van der Waals surface area contributed by atoms with E-state index in [1.807, 2.05) is 44.2 Å². The number of rotatable bonds is 11. The van der Waals surface area contributed by atoms with Gasteiger partial charge in [0.2, 0.25) is 5.91 Å². The number of Topliss-reactive ketones (excluding diaryl/α,β-unsaturated/α-hetero) is 1. The van der Waals surface area contributed by atoms with Gasteiger partial charge in [-0.25, -0.2) is 4.79 Å². The van der Waals surface area contributed by atoms with Gasteiger partial charge in [-0.2, -0.15) is 0 Å². The van der Waals surface area contributed by atoms with Gasteiger partial charge in [0.05, 0.1) is 11.9 Å². The van der Waals surface area contributed by atoms with Crippen molar-refractivity contribution in [3.8, 4) is 5.75 Å². The van der Waals surface area contributed by atoms with Crippen molar-refractivity contribution in [2.75, 3.05) is 5.88 Å². The van der Waals surface area contributed by atoms with Crippen molar-refractivity contribution in [1.82, 2.24) is 10.6 Å². The van der Waals surface area contributed by atoms with Gasteiger partial charge >= 0.3 is 6.09 Å². The second-order valence-corrected chi connectivity index (χ2v) is 8.19. The number of phenols is 1. The van der Waals surface area contributed by atoms with Crippen LogP contribution in [0.25, 0.3) is 0 Å². The van der Waals surface area contributed by atoms with Gasteiger partial charge in [-0.05, 0) is 42.0 Å². The van der Waals surface area contributed by atoms with E-state index in [-0.39, 0.29) is 36.4 Å². The van der Waals surface area contributed by atoms with Gasteiger partial charge < -0.3 is 20.5 Å². The number of hydrogen-bond acceptors (Lipinski definition) is 5. The molecule has 8 heteroatoms. The molecule has 0 saturated carbocycles. The minimum absolute atomic E-state index is 0.0803. The number of alkyl halides is 1. The Hall–Kier alpha value is -3.06. The molecule has 0 saturated heterocycles. The maximum absolute atomic E-state index is 12.9. The highest BCUT2D eigenvalue weighted by molar-refractivity contribution is 6.28. The summed E-state index contributed by atoms with van der Waals surface area (Å²) in [5.41, 5.74) is 1.58. The average molecular weight is 461 g/mol. The van der Waals surface area contributed by atoms with Crippen LogP contribution in [0.4, 0.5) is 4.79 Å². The van der Waals surface area contributed by atoms with Crippen molar-refractivity contribution in [2.24, 2.45) is 5.92 Å². The minimum Gasteiger partial charge on any atom is -0.508 e. The van der Waals surface area contributed by atoms with E-state index in [4.69, 9.17) is 16.3 Å². The molecule has 32 heavy (non-hydrogen) atoms. The molecule has 0 aliphatic heterocycles. The predicted molar refractivity (Wildman–Crippen MR) is 122 cm³/mol. The second kappa shape index (κ2) is 12.7. The molecule has 0 radical (unpaired) electrons. The van der Waals surface area contributed by atoms with Crippen LogP contribution in [0.1, 0.15) is 31.4 Å². The van der Waals surface area contributed by atoms with E-state index < -0.39 is 24.1 Å². The van der Waals surface area contributed by atoms with Crippen LogP contribution in [0.15, 0.2) is 54.6 Å². The van der Waals surface area contributed by atoms with Crippen molar-refractivity contribution < 1.29 is 24.2 Å². The summed E-state index contributed by atoms with van der Waals surface area (Å²) in [5, 5.41) is 14.7. The Labute approximate surface area is 193 Å². The van der Waals surface area contributed by atoms with E-state index in [9.17, 15) is 19.5 Å². The lowest BCUT2D eigenvalue weighted by molar-refractivity contribution is -0.128. The molecule has 3 N–H and O–H groups in total. The van der Waals surface area contributed by atoms with Gasteiger partial charge in [0, 0.05) is 0 Å². The van der Waals surface area contributed by atoms with Gasteiger partial charge in [-0.3, -0.25) is 9.59 Å². The number of ketones is 1. The maximum atomic E-state index is 12.9. The monoisotopic (exact) mass is 460 g/mol. The van der Waals surface area contributed by atoms with Crippen LogP contribution >= 0.6 is 11.6 Å². The molecule has 172 valence electrons. The van der Waals surface area contributed by atoms with Crippen LogP contribution in [0, 0.1) is 5.92 Å². The lowest BCUT2D eigenvalue weighted by Gasteiger charge is -2.23. The molecule has 2 rings (SSSR count). The molecule has 0 heterocycles. The van der Waals surface area contributed by atoms with E-state index in [0.29, 0.717) is 6.42 Å². The quantitative estimate of drug-likeness (QED) is 0.444. The number of benzene rings is 2. The molecule has 7 nitrogen and oxygen atoms in total. The number of aromatic hydroxyl groups is 1. The predicted octanol–water partition coefficient (Wildman–Crippen LogP) is 3.57. The Balaban J connectivity index is 2.03. The van der Waals surface area contributed by atoms with Gasteiger partial charge in [-0.15, -0.1) is 11.6 Å². The zero-order valence-corrected chi connectivity index (χ0v) is 19.0. The average Bonchev–Trinajstić information content (AvgIpc) is 2.78. The van der Waals surface area contributed by atoms with Gasteiger partial charge in [0.25, 0.3) is 0 Å². The number of carbonyl (C=O) groups is 3. The number of alkyl carbamates (subject to hydrolysis) is 1. The Kier molecular flexibility index (Phi) is 10.0. The van der Waals surface area contributed by atoms with E-state index in [1.54, 1.807) is 12.1 Å². The van der Waals surface area contributed by atoms with E-state index in [1.165, 1.54) is 12.1 Å². The zero-order chi connectivity index (χ0) is 23.5. The number of nitrogens with one attached hydrogen (secondary N) is 2. The lowest BCUT2D eigenvalue weighted by atomic mass is 10.00. The van der Waals surface area contributed by atoms with E-state index in [0.717, 1.165) is 11.1 Å². The van der Waals surface area contributed by atoms with Crippen LogP contribution in [0.3, 0.4) is 0 Å². The summed E-state index contributed by atoms with van der Waals surface area (Å²) in [6.07, 6.45) is -0.133. The third-order valence-electron chi connectivity index (χ3n) is 4.74. The first-order chi connectivity index (χ1) is 15.3. The first kappa shape index (κ1) is 25.2. The summed E-state index contributed by atoms with van der Waals surface area (Å²) in [4.78, 5) is 37.6. The van der Waals surface area contributed by atoms with E-state index >= 15 is 0 Å². The molecular weight excluding hydrogens is 432 g/mol. The van der Waals surface area contributed by atoms with Gasteiger partial charge in [0.15, 0.2) is 5.78 Å². The molecule has 2 atom stereocenters. The second-order valence-electron chi connectivity index (χ2n) is 7.92. The first-order valence-electron chi connectivity index (χ1n) is 10.4. The van der Waals surface area contributed by atoms with Crippen LogP contribution in [-0.2, 0) is 27.4 Å². The van der Waals surface area contributed by atoms with Crippen molar-refractivity contribution in [3.05, 3.63) is 65.7 Å². The number of hydrogen-bond donors (Lipinski definition) is 3. The Morgan fingerprint density at radius 3 is 2.19 bits per heavy atom. The standard InChI is InChI=1S/C24H29ClN2O5/c1-16(2)12-21(27-24(31)32-15-18-6-4-3-5-7-18)23(30)26-20(22(29)14-25)13-17-8-10-19(28)11-9-17/h3-11,16,20-21,28H,12-15H2,1-2H3,(H,26,30)(H,27,31)/t20-,21-/m0/s1. The zero-order valence-electron chi connectivity index (χ0n) is 18.2. The third-order valence-corrected chi connectivity index (χ3v) is 5.00. The van der Waals surface area contributed by atoms with Crippen molar-refractivity contribution in [3.63, 3.8) is 0 Å². The molecule has 2 aromatic rings. The Morgan fingerprint density at radius 2 is 1.59 bits per heavy atom. The van der Waals surface area contributed by atoms with Crippen molar-refractivity contribution in [1.29, 1.82) is 0 Å². The summed E-state index contributed by atoms with van der Waals surface area (Å²) in [6.45, 7) is 3.93. The number of phenolic OH excluding ortho intramolecular Hbond substituents is 1. The van der Waals surface area contributed by atoms with Crippen LogP contribution in [0.5, 0.6) is 5.75 Å². The molecule has 0 unspecified atom stereocenters. The highest BCUT2D eigenvalue weighted by Crippen LogP contribution is 2.13. The summed E-state index contributed by atoms with van der Waals surface area (Å²) in [6, 6.07) is 13.8. The van der Waals surface area contributed by atoms with Crippen molar-refractivity contribution >= 4 is 29.4 Å². The smallest absolute Gasteiger partial charge is 0.408 e. The summed E-state index contributed by atoms with van der Waals surface area (Å²) < 4.78 is 5.23. The number of ether oxygens (including phenoxy) is 1. The summed E-state index contributed by atoms with van der Waals surface area (Å²) in [7, 11) is 0. The van der Waals surface area contributed by atoms with Crippen LogP contribution in [-0.4, -0.2) is 40.9 Å². The molecule has 2 amide bonds. The Morgan fingerprint density at radius 1 is 0.938 bits per heavy atom. The molecule has 2 aromatic carbocycles. The molecule has 0 aliphatic carbocycles. The Bertz CT molecular complexity index is 887. The molecule has 0 fully saturated rings. The lowest BCUT2D eigenvalue weighted by Crippen LogP contribution is -2.53. The fourth-order valence-electron chi connectivity index (χ4n) is 3.09. The van der Waals surface area contributed by atoms with Crippen molar-refractivity contribution in [2.45, 2.75) is 45.4 Å². The largest absolute Gasteiger partial charge is 0.508 e. The van der Waals surface area contributed by atoms with E-state index in [2.05, 4.69) is 10.6 Å². The fraction of sp³-hybridized carbons (Fsp3) is 0.375. The number of carbonyl (C=O) groups excluding carboxylic acids is 3. The van der Waals surface area contributed by atoms with Crippen LogP contribution in [0.2, 0.25) is 0 Å². The summed E-state index contributed by atoms with van der Waals surface area (Å²) in [5.74, 6) is -0.877.